The second-order valence-corrected chi connectivity index (χ2v) is 8.73. The third-order valence-corrected chi connectivity index (χ3v) is 6.74. The standard InChI is InChI=1S/C22H36N6O/c1-3-23-22(29)28-15-12-19-18(16-28)20(27-13-8-5-9-14-27)25-21(24-19)26(2)17-10-6-4-7-11-17/h17H,3-16H2,1-2H3,(H,23,29). The van der Waals surface area contributed by atoms with Gasteiger partial charge < -0.3 is 20.0 Å². The minimum atomic E-state index is 0.0196. The van der Waals surface area contributed by atoms with Crippen molar-refractivity contribution in [3.05, 3.63) is 11.3 Å². The molecule has 7 heteroatoms. The molecule has 7 nitrogen and oxygen atoms in total. The highest BCUT2D eigenvalue weighted by Crippen LogP contribution is 2.32. The topological polar surface area (TPSA) is 64.6 Å². The summed E-state index contributed by atoms with van der Waals surface area (Å²) in [5.41, 5.74) is 2.30. The Bertz CT molecular complexity index is 711. The fourth-order valence-corrected chi connectivity index (χ4v) is 4.98. The third kappa shape index (κ3) is 4.43. The van der Waals surface area contributed by atoms with Crippen LogP contribution in [-0.2, 0) is 13.0 Å². The lowest BCUT2D eigenvalue weighted by Gasteiger charge is -2.37. The molecule has 0 atom stereocenters. The Morgan fingerprint density at radius 3 is 2.52 bits per heavy atom. The number of nitrogens with zero attached hydrogens (tertiary/aromatic N) is 5. The molecule has 2 amide bonds. The highest BCUT2D eigenvalue weighted by atomic mass is 16.2. The summed E-state index contributed by atoms with van der Waals surface area (Å²) in [6.07, 6.45) is 11.0. The molecule has 0 radical (unpaired) electrons. The molecule has 3 heterocycles. The molecule has 1 aliphatic carbocycles. The number of urea groups is 1. The summed E-state index contributed by atoms with van der Waals surface area (Å²) in [5, 5.41) is 2.94. The van der Waals surface area contributed by atoms with Gasteiger partial charge in [-0.25, -0.2) is 9.78 Å². The first-order valence-electron chi connectivity index (χ1n) is 11.6. The number of nitrogens with one attached hydrogen (secondary N) is 1. The molecular formula is C22H36N6O. The lowest BCUT2D eigenvalue weighted by Crippen LogP contribution is -2.44. The molecule has 0 unspecified atom stereocenters. The van der Waals surface area contributed by atoms with E-state index >= 15 is 0 Å². The van der Waals surface area contributed by atoms with Crippen molar-refractivity contribution in [1.29, 1.82) is 0 Å². The minimum absolute atomic E-state index is 0.0196. The number of fused-ring (bicyclic) bond motifs is 1. The van der Waals surface area contributed by atoms with Crippen LogP contribution in [0.4, 0.5) is 16.6 Å². The van der Waals surface area contributed by atoms with Gasteiger partial charge in [0.25, 0.3) is 0 Å². The largest absolute Gasteiger partial charge is 0.356 e. The molecule has 3 aliphatic rings. The summed E-state index contributed by atoms with van der Waals surface area (Å²) < 4.78 is 0. The molecule has 0 spiro atoms. The lowest BCUT2D eigenvalue weighted by molar-refractivity contribution is 0.192. The molecule has 1 aromatic rings. The van der Waals surface area contributed by atoms with E-state index in [4.69, 9.17) is 9.97 Å². The Morgan fingerprint density at radius 1 is 1.07 bits per heavy atom. The zero-order valence-electron chi connectivity index (χ0n) is 18.1. The Balaban J connectivity index is 1.65. The highest BCUT2D eigenvalue weighted by molar-refractivity contribution is 5.75. The van der Waals surface area contributed by atoms with Crippen LogP contribution in [0, 0.1) is 0 Å². The Kier molecular flexibility index (Phi) is 6.40. The van der Waals surface area contributed by atoms with Crippen LogP contribution >= 0.6 is 0 Å². The van der Waals surface area contributed by atoms with Gasteiger partial charge in [0.2, 0.25) is 5.95 Å². The van der Waals surface area contributed by atoms with E-state index in [-0.39, 0.29) is 6.03 Å². The molecule has 160 valence electrons. The maximum absolute atomic E-state index is 12.4. The fraction of sp³-hybridized carbons (Fsp3) is 0.773. The zero-order valence-corrected chi connectivity index (χ0v) is 18.1. The highest BCUT2D eigenvalue weighted by Gasteiger charge is 2.30. The second kappa shape index (κ2) is 9.18. The van der Waals surface area contributed by atoms with E-state index in [1.165, 1.54) is 51.4 Å². The number of anilines is 2. The summed E-state index contributed by atoms with van der Waals surface area (Å²) in [4.78, 5) is 29.2. The fourth-order valence-electron chi connectivity index (χ4n) is 4.98. The summed E-state index contributed by atoms with van der Waals surface area (Å²) in [7, 11) is 2.17. The van der Waals surface area contributed by atoms with Crippen LogP contribution in [0.1, 0.15) is 69.5 Å². The van der Waals surface area contributed by atoms with Crippen molar-refractivity contribution in [2.75, 3.05) is 43.0 Å². The van der Waals surface area contributed by atoms with E-state index < -0.39 is 0 Å². The van der Waals surface area contributed by atoms with Gasteiger partial charge in [0.1, 0.15) is 5.82 Å². The van der Waals surface area contributed by atoms with E-state index in [0.29, 0.717) is 19.1 Å². The van der Waals surface area contributed by atoms with Gasteiger partial charge in [0.05, 0.1) is 12.2 Å². The number of carbonyl (C=O) groups excluding carboxylic acids is 1. The van der Waals surface area contributed by atoms with Crippen molar-refractivity contribution >= 4 is 17.8 Å². The van der Waals surface area contributed by atoms with Crippen LogP contribution in [-0.4, -0.2) is 60.2 Å². The second-order valence-electron chi connectivity index (χ2n) is 8.73. The van der Waals surface area contributed by atoms with Crippen molar-refractivity contribution in [2.45, 2.75) is 77.3 Å². The number of carbonyl (C=O) groups is 1. The predicted octanol–water partition coefficient (Wildman–Crippen LogP) is 3.32. The van der Waals surface area contributed by atoms with Gasteiger partial charge in [-0.2, -0.15) is 4.98 Å². The van der Waals surface area contributed by atoms with Gasteiger partial charge in [-0.1, -0.05) is 19.3 Å². The first kappa shape index (κ1) is 20.2. The van der Waals surface area contributed by atoms with Gasteiger partial charge in [-0.15, -0.1) is 0 Å². The van der Waals surface area contributed by atoms with E-state index in [1.807, 2.05) is 11.8 Å². The van der Waals surface area contributed by atoms with E-state index in [0.717, 1.165) is 49.1 Å². The molecule has 1 N–H and O–H groups in total. The number of amides is 2. The molecule has 1 saturated carbocycles. The number of hydrogen-bond donors (Lipinski definition) is 1. The smallest absolute Gasteiger partial charge is 0.317 e. The zero-order chi connectivity index (χ0) is 20.2. The van der Waals surface area contributed by atoms with Gasteiger partial charge in [0.15, 0.2) is 0 Å². The number of rotatable bonds is 4. The van der Waals surface area contributed by atoms with Crippen LogP contribution in [0.15, 0.2) is 0 Å². The van der Waals surface area contributed by atoms with Gasteiger partial charge in [0, 0.05) is 51.3 Å². The quantitative estimate of drug-likeness (QED) is 0.840. The van der Waals surface area contributed by atoms with Crippen molar-refractivity contribution < 1.29 is 4.79 Å². The Hall–Kier alpha value is -2.05. The summed E-state index contributed by atoms with van der Waals surface area (Å²) >= 11 is 0. The van der Waals surface area contributed by atoms with Crippen molar-refractivity contribution in [1.82, 2.24) is 20.2 Å². The van der Waals surface area contributed by atoms with Crippen LogP contribution in [0.5, 0.6) is 0 Å². The van der Waals surface area contributed by atoms with Gasteiger partial charge in [-0.05, 0) is 39.0 Å². The minimum Gasteiger partial charge on any atom is -0.356 e. The SMILES string of the molecule is CCNC(=O)N1CCc2nc(N(C)C3CCCCC3)nc(N3CCCCC3)c2C1. The average Bonchev–Trinajstić information content (AvgIpc) is 2.78. The van der Waals surface area contributed by atoms with E-state index in [1.54, 1.807) is 0 Å². The number of aromatic nitrogens is 2. The maximum Gasteiger partial charge on any atom is 0.317 e. The normalized spacial score (nSPS) is 20.3. The Morgan fingerprint density at radius 2 is 1.79 bits per heavy atom. The summed E-state index contributed by atoms with van der Waals surface area (Å²) in [5.74, 6) is 1.95. The van der Waals surface area contributed by atoms with Crippen molar-refractivity contribution in [3.63, 3.8) is 0 Å². The molecule has 2 fully saturated rings. The molecule has 1 saturated heterocycles. The average molecular weight is 401 g/mol. The first-order chi connectivity index (χ1) is 14.2. The predicted molar refractivity (Wildman–Crippen MR) is 117 cm³/mol. The summed E-state index contributed by atoms with van der Waals surface area (Å²) in [6, 6.07) is 0.567. The molecule has 29 heavy (non-hydrogen) atoms. The van der Waals surface area contributed by atoms with Crippen LogP contribution in [0.3, 0.4) is 0 Å². The van der Waals surface area contributed by atoms with Crippen LogP contribution in [0.25, 0.3) is 0 Å². The molecule has 0 aromatic carbocycles. The monoisotopic (exact) mass is 400 g/mol. The van der Waals surface area contributed by atoms with Crippen molar-refractivity contribution in [3.8, 4) is 0 Å². The van der Waals surface area contributed by atoms with Gasteiger partial charge in [-0.3, -0.25) is 0 Å². The maximum atomic E-state index is 12.4. The number of hydrogen-bond acceptors (Lipinski definition) is 5. The summed E-state index contributed by atoms with van der Waals surface area (Å²) in [6.45, 7) is 6.06. The lowest BCUT2D eigenvalue weighted by atomic mass is 9.95. The third-order valence-electron chi connectivity index (χ3n) is 6.74. The first-order valence-corrected chi connectivity index (χ1v) is 11.6. The molecule has 0 bridgehead atoms. The Labute approximate surface area is 174 Å². The number of piperidine rings is 1. The molecule has 2 aliphatic heterocycles. The van der Waals surface area contributed by atoms with E-state index in [9.17, 15) is 4.79 Å². The molecule has 1 aromatic heterocycles. The van der Waals surface area contributed by atoms with Crippen LogP contribution in [0.2, 0.25) is 0 Å². The van der Waals surface area contributed by atoms with Crippen LogP contribution < -0.4 is 15.1 Å². The molecule has 4 rings (SSSR count). The molecular weight excluding hydrogens is 364 g/mol. The van der Waals surface area contributed by atoms with E-state index in [2.05, 4.69) is 22.2 Å². The van der Waals surface area contributed by atoms with Crippen molar-refractivity contribution in [2.24, 2.45) is 0 Å². The van der Waals surface area contributed by atoms with Gasteiger partial charge >= 0.3 is 6.03 Å².